The number of amides is 1. The highest BCUT2D eigenvalue weighted by Gasteiger charge is 2.15. The third-order valence-electron chi connectivity index (χ3n) is 2.98. The van der Waals surface area contributed by atoms with E-state index in [2.05, 4.69) is 20.6 Å². The number of ether oxygens (including phenoxy) is 1. The molecule has 0 fully saturated rings. The minimum absolute atomic E-state index is 0.227. The predicted molar refractivity (Wildman–Crippen MR) is 94.1 cm³/mol. The van der Waals surface area contributed by atoms with Crippen LogP contribution in [0.15, 0.2) is 36.5 Å². The smallest absolute Gasteiger partial charge is 0.407 e. The van der Waals surface area contributed by atoms with Gasteiger partial charge in [0.05, 0.1) is 0 Å². The van der Waals surface area contributed by atoms with Crippen LogP contribution in [0.2, 0.25) is 0 Å². The fourth-order valence-electron chi connectivity index (χ4n) is 1.97. The second kappa shape index (κ2) is 7.63. The van der Waals surface area contributed by atoms with Crippen LogP contribution in [0.4, 0.5) is 22.2 Å². The Morgan fingerprint density at radius 2 is 1.92 bits per heavy atom. The highest BCUT2D eigenvalue weighted by molar-refractivity contribution is 5.67. The fraction of sp³-hybridized carbons (Fsp3) is 0.353. The number of hydrogen-bond donors (Lipinski definition) is 3. The molecule has 7 heteroatoms. The number of carbonyl (C=O) groups is 1. The van der Waals surface area contributed by atoms with Crippen molar-refractivity contribution in [3.8, 4) is 0 Å². The van der Waals surface area contributed by atoms with Crippen LogP contribution in [0, 0.1) is 0 Å². The minimum Gasteiger partial charge on any atom is -0.444 e. The van der Waals surface area contributed by atoms with E-state index in [1.54, 1.807) is 12.3 Å². The Morgan fingerprint density at radius 1 is 1.21 bits per heavy atom. The summed E-state index contributed by atoms with van der Waals surface area (Å²) in [6.07, 6.45) is 1.92. The molecular weight excluding hydrogens is 306 g/mol. The Balaban J connectivity index is 1.81. The molecule has 1 aromatic carbocycles. The molecule has 0 saturated carbocycles. The van der Waals surface area contributed by atoms with Crippen LogP contribution in [0.25, 0.3) is 0 Å². The van der Waals surface area contributed by atoms with Crippen LogP contribution in [-0.2, 0) is 11.2 Å². The summed E-state index contributed by atoms with van der Waals surface area (Å²) in [6, 6.07) is 9.62. The first-order valence-corrected chi connectivity index (χ1v) is 7.73. The summed E-state index contributed by atoms with van der Waals surface area (Å²) >= 11 is 0. The van der Waals surface area contributed by atoms with Crippen molar-refractivity contribution in [3.05, 3.63) is 42.1 Å². The molecule has 128 valence electrons. The van der Waals surface area contributed by atoms with Gasteiger partial charge in [-0.25, -0.2) is 9.78 Å². The van der Waals surface area contributed by atoms with Crippen LogP contribution < -0.4 is 16.4 Å². The summed E-state index contributed by atoms with van der Waals surface area (Å²) < 4.78 is 5.19. The lowest BCUT2D eigenvalue weighted by atomic mass is 10.1. The van der Waals surface area contributed by atoms with Crippen molar-refractivity contribution >= 4 is 23.5 Å². The van der Waals surface area contributed by atoms with Gasteiger partial charge in [-0.1, -0.05) is 12.1 Å². The molecule has 0 bridgehead atoms. The average molecular weight is 329 g/mol. The van der Waals surface area contributed by atoms with Crippen LogP contribution in [-0.4, -0.2) is 28.2 Å². The third-order valence-corrected chi connectivity index (χ3v) is 2.98. The topological polar surface area (TPSA) is 102 Å². The lowest BCUT2D eigenvalue weighted by Gasteiger charge is -2.19. The zero-order chi connectivity index (χ0) is 17.6. The van der Waals surface area contributed by atoms with Gasteiger partial charge >= 0.3 is 6.09 Å². The molecule has 2 aromatic rings. The lowest BCUT2D eigenvalue weighted by Crippen LogP contribution is -2.33. The first kappa shape index (κ1) is 17.5. The van der Waals surface area contributed by atoms with E-state index in [1.165, 1.54) is 0 Å². The Bertz CT molecular complexity index is 680. The fourth-order valence-corrected chi connectivity index (χ4v) is 1.97. The van der Waals surface area contributed by atoms with E-state index in [4.69, 9.17) is 10.5 Å². The zero-order valence-corrected chi connectivity index (χ0v) is 14.2. The summed E-state index contributed by atoms with van der Waals surface area (Å²) in [5.41, 5.74) is 7.07. The molecule has 0 unspecified atom stereocenters. The largest absolute Gasteiger partial charge is 0.444 e. The summed E-state index contributed by atoms with van der Waals surface area (Å²) in [6.45, 7) is 6.03. The molecule has 0 aliphatic rings. The highest BCUT2D eigenvalue weighted by atomic mass is 16.6. The number of carbonyl (C=O) groups excluding carboxylic acids is 1. The molecule has 0 atom stereocenters. The van der Waals surface area contributed by atoms with Gasteiger partial charge in [0.25, 0.3) is 0 Å². The van der Waals surface area contributed by atoms with Gasteiger partial charge < -0.3 is 21.1 Å². The maximum absolute atomic E-state index is 11.6. The Kier molecular flexibility index (Phi) is 5.57. The van der Waals surface area contributed by atoms with Gasteiger partial charge in [0.1, 0.15) is 11.4 Å². The van der Waals surface area contributed by atoms with Gasteiger partial charge in [0.2, 0.25) is 5.95 Å². The number of aromatic nitrogens is 2. The average Bonchev–Trinajstić information content (AvgIpc) is 2.47. The van der Waals surface area contributed by atoms with Gasteiger partial charge in [-0.3, -0.25) is 0 Å². The van der Waals surface area contributed by atoms with Gasteiger partial charge in [-0.2, -0.15) is 4.98 Å². The summed E-state index contributed by atoms with van der Waals surface area (Å²) in [5.74, 6) is 0.867. The first-order valence-electron chi connectivity index (χ1n) is 7.73. The molecule has 1 aromatic heterocycles. The number of rotatable bonds is 5. The second-order valence-electron chi connectivity index (χ2n) is 6.30. The van der Waals surface area contributed by atoms with Crippen molar-refractivity contribution in [2.24, 2.45) is 0 Å². The van der Waals surface area contributed by atoms with E-state index in [0.29, 0.717) is 12.4 Å². The van der Waals surface area contributed by atoms with Crippen molar-refractivity contribution in [1.29, 1.82) is 0 Å². The van der Waals surface area contributed by atoms with Crippen LogP contribution in [0.3, 0.4) is 0 Å². The molecule has 0 radical (unpaired) electrons. The van der Waals surface area contributed by atoms with Crippen molar-refractivity contribution in [1.82, 2.24) is 15.3 Å². The summed E-state index contributed by atoms with van der Waals surface area (Å²) in [5, 5.41) is 5.89. The van der Waals surface area contributed by atoms with Crippen LogP contribution in [0.5, 0.6) is 0 Å². The Labute approximate surface area is 141 Å². The first-order chi connectivity index (χ1) is 11.3. The molecule has 1 amide bonds. The van der Waals surface area contributed by atoms with Gasteiger partial charge in [0, 0.05) is 18.4 Å². The van der Waals surface area contributed by atoms with Crippen molar-refractivity contribution in [2.45, 2.75) is 32.8 Å². The normalized spacial score (nSPS) is 11.0. The van der Waals surface area contributed by atoms with E-state index in [9.17, 15) is 4.79 Å². The molecule has 0 spiro atoms. The number of alkyl carbamates (subject to hydrolysis) is 1. The predicted octanol–water partition coefficient (Wildman–Crippen LogP) is 2.87. The number of nitrogens with zero attached hydrogens (tertiary/aromatic N) is 2. The zero-order valence-electron chi connectivity index (χ0n) is 14.2. The van der Waals surface area contributed by atoms with Gasteiger partial charge in [-0.15, -0.1) is 0 Å². The summed E-state index contributed by atoms with van der Waals surface area (Å²) in [7, 11) is 0. The van der Waals surface area contributed by atoms with Gasteiger partial charge in [0.15, 0.2) is 0 Å². The molecule has 0 aliphatic heterocycles. The minimum atomic E-state index is -0.484. The number of benzene rings is 1. The van der Waals surface area contributed by atoms with E-state index >= 15 is 0 Å². The number of nitrogens with two attached hydrogens (primary N) is 1. The molecule has 24 heavy (non-hydrogen) atoms. The van der Waals surface area contributed by atoms with Crippen molar-refractivity contribution in [2.75, 3.05) is 17.6 Å². The number of hydrogen-bond acceptors (Lipinski definition) is 6. The molecule has 2 rings (SSSR count). The number of nitrogen functional groups attached to an aromatic ring is 1. The van der Waals surface area contributed by atoms with E-state index < -0.39 is 11.7 Å². The second-order valence-corrected chi connectivity index (χ2v) is 6.30. The quantitative estimate of drug-likeness (QED) is 0.779. The molecule has 7 nitrogen and oxygen atoms in total. The van der Waals surface area contributed by atoms with Crippen LogP contribution >= 0.6 is 0 Å². The number of anilines is 3. The SMILES string of the molecule is CC(C)(C)OC(=O)NCCc1ccc(Nc2ccnc(N)n2)cc1. The summed E-state index contributed by atoms with van der Waals surface area (Å²) in [4.78, 5) is 19.5. The third kappa shape index (κ3) is 6.12. The molecular formula is C17H23N5O2. The lowest BCUT2D eigenvalue weighted by molar-refractivity contribution is 0.0528. The van der Waals surface area contributed by atoms with Gasteiger partial charge in [-0.05, 0) is 51.0 Å². The van der Waals surface area contributed by atoms with E-state index in [-0.39, 0.29) is 5.95 Å². The highest BCUT2D eigenvalue weighted by Crippen LogP contribution is 2.15. The Morgan fingerprint density at radius 3 is 2.54 bits per heavy atom. The number of nitrogens with one attached hydrogen (secondary N) is 2. The maximum Gasteiger partial charge on any atom is 0.407 e. The monoisotopic (exact) mass is 329 g/mol. The van der Waals surface area contributed by atoms with Crippen LogP contribution in [0.1, 0.15) is 26.3 Å². The molecule has 0 aliphatic carbocycles. The molecule has 4 N–H and O–H groups in total. The Hall–Kier alpha value is -2.83. The molecule has 0 saturated heterocycles. The maximum atomic E-state index is 11.6. The molecule has 1 heterocycles. The van der Waals surface area contributed by atoms with Crippen molar-refractivity contribution < 1.29 is 9.53 Å². The standard InChI is InChI=1S/C17H23N5O2/c1-17(2,3)24-16(23)20-10-8-12-4-6-13(7-5-12)21-14-9-11-19-15(18)22-14/h4-7,9,11H,8,10H2,1-3H3,(H,20,23)(H3,18,19,21,22). The van der Waals surface area contributed by atoms with E-state index in [0.717, 1.165) is 17.7 Å². The van der Waals surface area contributed by atoms with E-state index in [1.807, 2.05) is 45.0 Å². The van der Waals surface area contributed by atoms with Crippen molar-refractivity contribution in [3.63, 3.8) is 0 Å².